The van der Waals surface area contributed by atoms with Crippen molar-refractivity contribution in [3.8, 4) is 0 Å². The molecule has 7 heteroatoms. The largest absolute Gasteiger partial charge is 0.480 e. The number of alkyl halides is 1. The molecule has 0 radical (unpaired) electrons. The van der Waals surface area contributed by atoms with E-state index >= 15 is 0 Å². The van der Waals surface area contributed by atoms with Crippen LogP contribution in [0.25, 0.3) is 0 Å². The Morgan fingerprint density at radius 1 is 1.14 bits per heavy atom. The second-order valence-electron chi connectivity index (χ2n) is 6.35. The minimum atomic E-state index is -1.10. The van der Waals surface area contributed by atoms with Gasteiger partial charge < -0.3 is 9.84 Å². The zero-order chi connectivity index (χ0) is 20.7. The molecule has 2 aromatic carbocycles. The number of ether oxygens (including phenoxy) is 1. The van der Waals surface area contributed by atoms with Crippen LogP contribution in [0.1, 0.15) is 34.8 Å². The summed E-state index contributed by atoms with van der Waals surface area (Å²) in [7, 11) is 0. The third-order valence-electron chi connectivity index (χ3n) is 3.97. The average molecular weight is 448 g/mol. The van der Waals surface area contributed by atoms with Gasteiger partial charge in [0.05, 0.1) is 0 Å². The van der Waals surface area contributed by atoms with Gasteiger partial charge in [-0.25, -0.2) is 0 Å². The minimum absolute atomic E-state index is 0.185. The Morgan fingerprint density at radius 2 is 1.82 bits per heavy atom. The second kappa shape index (κ2) is 10.0. The molecule has 0 bridgehead atoms. The fourth-order valence-electron chi connectivity index (χ4n) is 2.64. The van der Waals surface area contributed by atoms with E-state index in [1.165, 1.54) is 4.90 Å². The van der Waals surface area contributed by atoms with E-state index in [1.54, 1.807) is 37.3 Å². The van der Waals surface area contributed by atoms with Crippen LogP contribution in [-0.2, 0) is 20.7 Å². The number of aliphatic carboxylic acids is 1. The number of carboxylic acids is 1. The average Bonchev–Trinajstić information content (AvgIpc) is 2.64. The van der Waals surface area contributed by atoms with Gasteiger partial charge in [-0.1, -0.05) is 29.8 Å². The van der Waals surface area contributed by atoms with Gasteiger partial charge in [0.1, 0.15) is 6.54 Å². The third kappa shape index (κ3) is 6.49. The lowest BCUT2D eigenvalue weighted by Gasteiger charge is -2.21. The van der Waals surface area contributed by atoms with Crippen LogP contribution in [0.5, 0.6) is 0 Å². The van der Waals surface area contributed by atoms with Crippen LogP contribution in [-0.4, -0.2) is 34.5 Å². The maximum atomic E-state index is 13.0. The first-order valence-corrected chi connectivity index (χ1v) is 9.70. The van der Waals surface area contributed by atoms with Gasteiger partial charge in [0.2, 0.25) is 0 Å². The lowest BCUT2D eigenvalue weighted by molar-refractivity contribution is -0.144. The van der Waals surface area contributed by atoms with Crippen LogP contribution >= 0.6 is 15.9 Å². The second-order valence-corrected chi connectivity index (χ2v) is 7.64. The normalized spacial score (nSPS) is 11.5. The zero-order valence-electron chi connectivity index (χ0n) is 15.7. The summed E-state index contributed by atoms with van der Waals surface area (Å²) < 4.78 is 5.04. The molecule has 2 rings (SSSR count). The topological polar surface area (TPSA) is 83.9 Å². The molecule has 28 heavy (non-hydrogen) atoms. The number of carbonyl (C=O) groups is 3. The molecular formula is C21H22BrNO5. The lowest BCUT2D eigenvalue weighted by Crippen LogP contribution is -2.35. The number of esters is 1. The smallest absolute Gasteiger partial charge is 0.323 e. The number of carboxylic acid groups (broad SMARTS) is 1. The SMILES string of the molecule is Cc1ccc(N(CC(=O)O)C(=O)c2cccc(CCC(=O)OC(C)Br)c2)cc1. The van der Waals surface area contributed by atoms with Gasteiger partial charge in [0, 0.05) is 17.7 Å². The van der Waals surface area contributed by atoms with Crippen molar-refractivity contribution in [1.29, 1.82) is 0 Å². The molecular weight excluding hydrogens is 426 g/mol. The Labute approximate surface area is 172 Å². The molecule has 1 atom stereocenters. The van der Waals surface area contributed by atoms with Crippen LogP contribution in [0.2, 0.25) is 0 Å². The number of aryl methyl sites for hydroxylation is 2. The monoisotopic (exact) mass is 447 g/mol. The molecule has 1 N–H and O–H groups in total. The fraction of sp³-hybridized carbons (Fsp3) is 0.286. The van der Waals surface area contributed by atoms with E-state index in [4.69, 9.17) is 4.74 Å². The number of hydrogen-bond donors (Lipinski definition) is 1. The first-order valence-electron chi connectivity index (χ1n) is 8.79. The highest BCUT2D eigenvalue weighted by molar-refractivity contribution is 9.09. The Balaban J connectivity index is 2.19. The molecule has 0 fully saturated rings. The van der Waals surface area contributed by atoms with E-state index < -0.39 is 18.4 Å². The number of anilines is 1. The molecule has 0 aromatic heterocycles. The van der Waals surface area contributed by atoms with Gasteiger partial charge in [-0.05, 0) is 66.0 Å². The maximum absolute atomic E-state index is 13.0. The number of amides is 1. The van der Waals surface area contributed by atoms with Crippen molar-refractivity contribution in [2.75, 3.05) is 11.4 Å². The first kappa shape index (κ1) is 21.6. The molecule has 148 valence electrons. The minimum Gasteiger partial charge on any atom is -0.480 e. The van der Waals surface area contributed by atoms with Gasteiger partial charge >= 0.3 is 11.9 Å². The molecule has 0 saturated heterocycles. The molecule has 0 aliphatic rings. The number of hydrogen-bond acceptors (Lipinski definition) is 4. The molecule has 6 nitrogen and oxygen atoms in total. The predicted molar refractivity (Wildman–Crippen MR) is 110 cm³/mol. The van der Waals surface area contributed by atoms with Gasteiger partial charge in [-0.3, -0.25) is 19.3 Å². The van der Waals surface area contributed by atoms with Gasteiger partial charge in [0.25, 0.3) is 5.91 Å². The number of nitrogens with zero attached hydrogens (tertiary/aromatic N) is 1. The van der Waals surface area contributed by atoms with Gasteiger partial charge in [-0.15, -0.1) is 0 Å². The van der Waals surface area contributed by atoms with Gasteiger partial charge in [-0.2, -0.15) is 0 Å². The molecule has 1 unspecified atom stereocenters. The molecule has 0 heterocycles. The summed E-state index contributed by atoms with van der Waals surface area (Å²) in [6.07, 6.45) is 0.605. The summed E-state index contributed by atoms with van der Waals surface area (Å²) in [5, 5.41) is 8.86. The Hall–Kier alpha value is -2.67. The van der Waals surface area contributed by atoms with Crippen LogP contribution in [0.4, 0.5) is 5.69 Å². The van der Waals surface area contributed by atoms with Crippen LogP contribution in [0, 0.1) is 6.92 Å². The molecule has 0 aliphatic heterocycles. The summed E-state index contributed by atoms with van der Waals surface area (Å²) in [5.41, 5.74) is 2.68. The standard InChI is InChI=1S/C21H22BrNO5/c1-14-6-9-18(10-7-14)23(13-19(24)25)21(27)17-5-3-4-16(12-17)8-11-20(26)28-15(2)22/h3-7,9-10,12,15H,8,11,13H2,1-2H3,(H,24,25). The van der Waals surface area contributed by atoms with E-state index in [2.05, 4.69) is 15.9 Å². The molecule has 1 amide bonds. The Bertz CT molecular complexity index is 848. The highest BCUT2D eigenvalue weighted by Gasteiger charge is 2.21. The summed E-state index contributed by atoms with van der Waals surface area (Å²) in [6.45, 7) is 3.18. The number of rotatable bonds is 8. The molecule has 0 saturated carbocycles. The predicted octanol–water partition coefficient (Wildman–Crippen LogP) is 3.94. The quantitative estimate of drug-likeness (QED) is 0.489. The fourth-order valence-corrected chi connectivity index (χ4v) is 2.85. The lowest BCUT2D eigenvalue weighted by atomic mass is 10.1. The van der Waals surface area contributed by atoms with Crippen molar-refractivity contribution < 1.29 is 24.2 Å². The summed E-state index contributed by atoms with van der Waals surface area (Å²) >= 11 is 3.15. The Morgan fingerprint density at radius 3 is 2.43 bits per heavy atom. The number of benzene rings is 2. The van der Waals surface area contributed by atoms with Crippen molar-refractivity contribution in [2.45, 2.75) is 31.7 Å². The number of carbonyl (C=O) groups excluding carboxylic acids is 2. The van der Waals surface area contributed by atoms with Crippen molar-refractivity contribution in [3.05, 3.63) is 65.2 Å². The third-order valence-corrected chi connectivity index (χ3v) is 4.16. The number of halogens is 1. The van der Waals surface area contributed by atoms with E-state index in [9.17, 15) is 19.5 Å². The summed E-state index contributed by atoms with van der Waals surface area (Å²) in [4.78, 5) is 37.2. The molecule has 0 spiro atoms. The van der Waals surface area contributed by atoms with Gasteiger partial charge in [0.15, 0.2) is 5.01 Å². The summed E-state index contributed by atoms with van der Waals surface area (Å²) in [6, 6.07) is 13.9. The highest BCUT2D eigenvalue weighted by atomic mass is 79.9. The van der Waals surface area contributed by atoms with E-state index in [0.717, 1.165) is 11.1 Å². The maximum Gasteiger partial charge on any atom is 0.323 e. The van der Waals surface area contributed by atoms with Crippen molar-refractivity contribution in [1.82, 2.24) is 0 Å². The van der Waals surface area contributed by atoms with Crippen LogP contribution in [0.15, 0.2) is 48.5 Å². The van der Waals surface area contributed by atoms with Crippen LogP contribution < -0.4 is 4.90 Å². The van der Waals surface area contributed by atoms with E-state index in [0.29, 0.717) is 17.7 Å². The molecule has 0 aliphatic carbocycles. The van der Waals surface area contributed by atoms with E-state index in [1.807, 2.05) is 25.1 Å². The van der Waals surface area contributed by atoms with Crippen molar-refractivity contribution in [2.24, 2.45) is 0 Å². The van der Waals surface area contributed by atoms with Crippen molar-refractivity contribution in [3.63, 3.8) is 0 Å². The zero-order valence-corrected chi connectivity index (χ0v) is 17.3. The van der Waals surface area contributed by atoms with Crippen molar-refractivity contribution >= 4 is 39.5 Å². The van der Waals surface area contributed by atoms with E-state index in [-0.39, 0.29) is 17.4 Å². The Kier molecular flexibility index (Phi) is 7.75. The molecule has 2 aromatic rings. The highest BCUT2D eigenvalue weighted by Crippen LogP contribution is 2.19. The summed E-state index contributed by atoms with van der Waals surface area (Å²) in [5.74, 6) is -1.85. The first-order chi connectivity index (χ1) is 13.3. The van der Waals surface area contributed by atoms with Crippen LogP contribution in [0.3, 0.4) is 0 Å².